The summed E-state index contributed by atoms with van der Waals surface area (Å²) < 4.78 is 58.0. The van der Waals surface area contributed by atoms with E-state index in [1.165, 1.54) is 25.3 Å². The molecule has 0 fully saturated rings. The Hall–Kier alpha value is -3.21. The summed E-state index contributed by atoms with van der Waals surface area (Å²) in [6, 6.07) is 8.99. The minimum absolute atomic E-state index is 0.0925. The normalized spacial score (nSPS) is 13.1. The van der Waals surface area contributed by atoms with Crippen LogP contribution in [0.15, 0.2) is 72.5 Å². The highest BCUT2D eigenvalue weighted by Crippen LogP contribution is 2.41. The van der Waals surface area contributed by atoms with Crippen molar-refractivity contribution in [3.63, 3.8) is 0 Å². The number of allylic oxidation sites excluding steroid dienone is 4. The van der Waals surface area contributed by atoms with E-state index < -0.39 is 29.2 Å². The Morgan fingerprint density at radius 2 is 1.57 bits per heavy atom. The van der Waals surface area contributed by atoms with Crippen LogP contribution in [0.5, 0.6) is 0 Å². The van der Waals surface area contributed by atoms with Crippen molar-refractivity contribution in [1.82, 2.24) is 4.98 Å². The summed E-state index contributed by atoms with van der Waals surface area (Å²) in [6.45, 7) is 5.09. The third-order valence-corrected chi connectivity index (χ3v) is 5.00. The van der Waals surface area contributed by atoms with Gasteiger partial charge < -0.3 is 0 Å². The van der Waals surface area contributed by atoms with Gasteiger partial charge >= 0.3 is 0 Å². The lowest BCUT2D eigenvalue weighted by Gasteiger charge is -2.25. The second kappa shape index (κ2) is 9.08. The summed E-state index contributed by atoms with van der Waals surface area (Å²) in [4.78, 5) is 4.22. The summed E-state index contributed by atoms with van der Waals surface area (Å²) in [7, 11) is 0. The van der Waals surface area contributed by atoms with Crippen molar-refractivity contribution in [2.45, 2.75) is 26.7 Å². The molecule has 5 heteroatoms. The molecule has 30 heavy (non-hydrogen) atoms. The van der Waals surface area contributed by atoms with Gasteiger partial charge in [0.2, 0.25) is 0 Å². The highest BCUT2D eigenvalue weighted by molar-refractivity contribution is 5.68. The van der Waals surface area contributed by atoms with E-state index in [-0.39, 0.29) is 16.7 Å². The number of rotatable bonds is 5. The van der Waals surface area contributed by atoms with Gasteiger partial charge in [0.05, 0.1) is 5.69 Å². The van der Waals surface area contributed by atoms with Crippen LogP contribution in [-0.4, -0.2) is 4.98 Å². The summed E-state index contributed by atoms with van der Waals surface area (Å²) in [5, 5.41) is 0. The molecule has 1 aromatic heterocycles. The maximum Gasteiger partial charge on any atom is 0.135 e. The zero-order chi connectivity index (χ0) is 21.8. The van der Waals surface area contributed by atoms with Gasteiger partial charge in [0, 0.05) is 29.8 Å². The molecule has 0 radical (unpaired) electrons. The molecule has 1 nitrogen and oxygen atoms in total. The number of pyridine rings is 1. The Balaban J connectivity index is 2.42. The first-order valence-electron chi connectivity index (χ1n) is 9.52. The molecule has 0 aliphatic heterocycles. The number of hydrogen-bond donors (Lipinski definition) is 0. The lowest BCUT2D eigenvalue weighted by molar-refractivity contribution is 0.570. The van der Waals surface area contributed by atoms with Crippen LogP contribution in [0.4, 0.5) is 17.6 Å². The van der Waals surface area contributed by atoms with Gasteiger partial charge in [-0.05, 0) is 67.3 Å². The number of nitrogens with zero attached hydrogens (tertiary/aromatic N) is 1. The summed E-state index contributed by atoms with van der Waals surface area (Å²) in [5.41, 5.74) is 1.79. The number of hydrogen-bond acceptors (Lipinski definition) is 1. The van der Waals surface area contributed by atoms with Crippen molar-refractivity contribution in [2.75, 3.05) is 0 Å². The van der Waals surface area contributed by atoms with Crippen LogP contribution < -0.4 is 0 Å². The summed E-state index contributed by atoms with van der Waals surface area (Å²) in [6.07, 6.45) is 6.80. The summed E-state index contributed by atoms with van der Waals surface area (Å²) in [5.74, 6) is -3.86. The predicted molar refractivity (Wildman–Crippen MR) is 111 cm³/mol. The molecule has 1 heterocycles. The van der Waals surface area contributed by atoms with Gasteiger partial charge in [-0.25, -0.2) is 17.6 Å². The Labute approximate surface area is 173 Å². The zero-order valence-electron chi connectivity index (χ0n) is 16.9. The van der Waals surface area contributed by atoms with Gasteiger partial charge in [-0.2, -0.15) is 0 Å². The maximum atomic E-state index is 15.0. The molecule has 0 aliphatic carbocycles. The predicted octanol–water partition coefficient (Wildman–Crippen LogP) is 7.27. The SMILES string of the molecule is C/C=C\C(=C\C)[C@H](c1cc(F)cc(F)c1C)c1cc(F)cc(F)c1-c1ccccn1. The van der Waals surface area contributed by atoms with Crippen molar-refractivity contribution in [3.05, 3.63) is 112 Å². The largest absolute Gasteiger partial charge is 0.256 e. The average molecular weight is 411 g/mol. The molecule has 0 N–H and O–H groups in total. The lowest BCUT2D eigenvalue weighted by Crippen LogP contribution is -2.11. The molecular weight excluding hydrogens is 390 g/mol. The van der Waals surface area contributed by atoms with E-state index in [1.54, 1.807) is 50.3 Å². The van der Waals surface area contributed by atoms with Crippen LogP contribution in [0.1, 0.15) is 36.5 Å². The number of halogens is 4. The Bertz CT molecular complexity index is 1120. The van der Waals surface area contributed by atoms with Crippen LogP contribution in [0, 0.1) is 30.2 Å². The smallest absolute Gasteiger partial charge is 0.135 e. The monoisotopic (exact) mass is 411 g/mol. The van der Waals surface area contributed by atoms with Gasteiger partial charge in [0.15, 0.2) is 0 Å². The van der Waals surface area contributed by atoms with E-state index in [0.29, 0.717) is 16.8 Å². The minimum atomic E-state index is -0.807. The summed E-state index contributed by atoms with van der Waals surface area (Å²) >= 11 is 0. The van der Waals surface area contributed by atoms with Crippen molar-refractivity contribution < 1.29 is 17.6 Å². The molecule has 0 spiro atoms. The van der Waals surface area contributed by atoms with Crippen LogP contribution in [-0.2, 0) is 0 Å². The van der Waals surface area contributed by atoms with Gasteiger partial charge in [-0.15, -0.1) is 0 Å². The van der Waals surface area contributed by atoms with Crippen molar-refractivity contribution in [3.8, 4) is 11.3 Å². The average Bonchev–Trinajstić information content (AvgIpc) is 2.71. The van der Waals surface area contributed by atoms with Crippen molar-refractivity contribution in [2.24, 2.45) is 0 Å². The topological polar surface area (TPSA) is 12.9 Å². The third-order valence-electron chi connectivity index (χ3n) is 5.00. The third kappa shape index (κ3) is 4.20. The van der Waals surface area contributed by atoms with E-state index in [0.717, 1.165) is 12.1 Å². The van der Waals surface area contributed by atoms with Gasteiger partial charge in [0.1, 0.15) is 23.3 Å². The first-order chi connectivity index (χ1) is 14.4. The molecule has 0 amide bonds. The second-order valence-electron chi connectivity index (χ2n) is 6.89. The fourth-order valence-corrected chi connectivity index (χ4v) is 3.65. The lowest BCUT2D eigenvalue weighted by atomic mass is 9.79. The highest BCUT2D eigenvalue weighted by atomic mass is 19.1. The standard InChI is InChI=1S/C25H21F4N/c1-4-8-16(5-2)24(19-11-17(26)13-21(28)15(19)3)20-12-18(27)14-22(29)25(20)23-9-6-7-10-30-23/h4-14,24H,1-3H3/b8-4-,16-5-/t24-/m1/s1. The van der Waals surface area contributed by atoms with E-state index >= 15 is 4.39 Å². The quantitative estimate of drug-likeness (QED) is 0.318. The molecule has 0 unspecified atom stereocenters. The molecular formula is C25H21F4N. The van der Waals surface area contributed by atoms with E-state index in [1.807, 2.05) is 0 Å². The Kier molecular flexibility index (Phi) is 6.50. The van der Waals surface area contributed by atoms with Crippen LogP contribution in [0.25, 0.3) is 11.3 Å². The van der Waals surface area contributed by atoms with E-state index in [2.05, 4.69) is 4.98 Å². The fourth-order valence-electron chi connectivity index (χ4n) is 3.65. The van der Waals surface area contributed by atoms with Gasteiger partial charge in [-0.1, -0.05) is 24.3 Å². The first-order valence-corrected chi connectivity index (χ1v) is 9.52. The molecule has 3 rings (SSSR count). The maximum absolute atomic E-state index is 15.0. The highest BCUT2D eigenvalue weighted by Gasteiger charge is 2.27. The molecule has 0 saturated carbocycles. The van der Waals surface area contributed by atoms with E-state index in [4.69, 9.17) is 0 Å². The van der Waals surface area contributed by atoms with Crippen LogP contribution in [0.2, 0.25) is 0 Å². The molecule has 154 valence electrons. The molecule has 0 aliphatic rings. The van der Waals surface area contributed by atoms with Crippen molar-refractivity contribution >= 4 is 0 Å². The zero-order valence-corrected chi connectivity index (χ0v) is 16.9. The van der Waals surface area contributed by atoms with Gasteiger partial charge in [-0.3, -0.25) is 4.98 Å². The Morgan fingerprint density at radius 1 is 0.900 bits per heavy atom. The first kappa shape index (κ1) is 21.5. The molecule has 1 atom stereocenters. The minimum Gasteiger partial charge on any atom is -0.256 e. The molecule has 2 aromatic carbocycles. The molecule has 0 bridgehead atoms. The number of aromatic nitrogens is 1. The molecule has 0 saturated heterocycles. The molecule has 3 aromatic rings. The fraction of sp³-hybridized carbons (Fsp3) is 0.160. The van der Waals surface area contributed by atoms with Crippen molar-refractivity contribution in [1.29, 1.82) is 0 Å². The van der Waals surface area contributed by atoms with E-state index in [9.17, 15) is 13.2 Å². The Morgan fingerprint density at radius 3 is 2.17 bits per heavy atom. The van der Waals surface area contributed by atoms with Gasteiger partial charge in [0.25, 0.3) is 0 Å². The number of benzene rings is 2. The van der Waals surface area contributed by atoms with Crippen LogP contribution in [0.3, 0.4) is 0 Å². The second-order valence-corrected chi connectivity index (χ2v) is 6.89. The van der Waals surface area contributed by atoms with Crippen LogP contribution >= 0.6 is 0 Å².